The number of rotatable bonds is 2. The first-order chi connectivity index (χ1) is 8.85. The summed E-state index contributed by atoms with van der Waals surface area (Å²) >= 11 is 1.57. The SMILES string of the molecule is CC(C)(C)OC(=O)NCc1cc2c(s1)CCNC2=O. The molecule has 104 valence electrons. The maximum absolute atomic E-state index is 11.6. The van der Waals surface area contributed by atoms with Crippen molar-refractivity contribution < 1.29 is 14.3 Å². The van der Waals surface area contributed by atoms with Crippen molar-refractivity contribution in [2.75, 3.05) is 6.54 Å². The molecule has 1 aromatic heterocycles. The van der Waals surface area contributed by atoms with Crippen LogP contribution in [0, 0.1) is 0 Å². The van der Waals surface area contributed by atoms with Crippen LogP contribution in [0.25, 0.3) is 0 Å². The first-order valence-corrected chi connectivity index (χ1v) is 7.03. The van der Waals surface area contributed by atoms with E-state index in [1.165, 1.54) is 0 Å². The van der Waals surface area contributed by atoms with Gasteiger partial charge in [0.1, 0.15) is 5.60 Å². The fourth-order valence-corrected chi connectivity index (χ4v) is 2.91. The Kier molecular flexibility index (Phi) is 3.80. The van der Waals surface area contributed by atoms with Crippen molar-refractivity contribution >= 4 is 23.3 Å². The average Bonchev–Trinajstić information content (AvgIpc) is 2.68. The Hall–Kier alpha value is -1.56. The fourth-order valence-electron chi connectivity index (χ4n) is 1.81. The Balaban J connectivity index is 1.94. The van der Waals surface area contributed by atoms with E-state index in [4.69, 9.17) is 4.74 Å². The Morgan fingerprint density at radius 3 is 2.89 bits per heavy atom. The summed E-state index contributed by atoms with van der Waals surface area (Å²) in [4.78, 5) is 25.2. The van der Waals surface area contributed by atoms with Gasteiger partial charge in [0.2, 0.25) is 0 Å². The van der Waals surface area contributed by atoms with Gasteiger partial charge >= 0.3 is 6.09 Å². The van der Waals surface area contributed by atoms with Gasteiger partial charge in [0.05, 0.1) is 12.1 Å². The molecule has 0 aromatic carbocycles. The van der Waals surface area contributed by atoms with Crippen LogP contribution >= 0.6 is 11.3 Å². The van der Waals surface area contributed by atoms with Gasteiger partial charge in [0.25, 0.3) is 5.91 Å². The largest absolute Gasteiger partial charge is 0.444 e. The van der Waals surface area contributed by atoms with E-state index in [2.05, 4.69) is 10.6 Å². The average molecular weight is 282 g/mol. The lowest BCUT2D eigenvalue weighted by Crippen LogP contribution is -2.32. The predicted octanol–water partition coefficient (Wildman–Crippen LogP) is 2.06. The van der Waals surface area contributed by atoms with Gasteiger partial charge in [-0.15, -0.1) is 11.3 Å². The van der Waals surface area contributed by atoms with E-state index >= 15 is 0 Å². The quantitative estimate of drug-likeness (QED) is 0.872. The van der Waals surface area contributed by atoms with Crippen molar-refractivity contribution in [3.05, 3.63) is 21.4 Å². The molecule has 1 aliphatic rings. The normalized spacial score (nSPS) is 14.6. The first-order valence-electron chi connectivity index (χ1n) is 6.22. The number of hydrogen-bond acceptors (Lipinski definition) is 4. The predicted molar refractivity (Wildman–Crippen MR) is 73.4 cm³/mol. The highest BCUT2D eigenvalue weighted by Gasteiger charge is 2.20. The zero-order valence-electron chi connectivity index (χ0n) is 11.3. The summed E-state index contributed by atoms with van der Waals surface area (Å²) in [7, 11) is 0. The third kappa shape index (κ3) is 3.70. The number of thiophene rings is 1. The molecule has 1 aliphatic heterocycles. The van der Waals surface area contributed by atoms with Crippen LogP contribution in [-0.4, -0.2) is 24.1 Å². The highest BCUT2D eigenvalue weighted by Crippen LogP contribution is 2.25. The minimum absolute atomic E-state index is 0.0268. The van der Waals surface area contributed by atoms with E-state index in [9.17, 15) is 9.59 Å². The summed E-state index contributed by atoms with van der Waals surface area (Å²) in [6.07, 6.45) is 0.418. The second-order valence-corrected chi connectivity index (χ2v) is 6.63. The number of fused-ring (bicyclic) bond motifs is 1. The summed E-state index contributed by atoms with van der Waals surface area (Å²) in [5, 5.41) is 5.50. The van der Waals surface area contributed by atoms with Gasteiger partial charge in [-0.1, -0.05) is 0 Å². The molecule has 0 bridgehead atoms. The molecule has 0 saturated carbocycles. The molecule has 0 unspecified atom stereocenters. The van der Waals surface area contributed by atoms with Crippen LogP contribution < -0.4 is 10.6 Å². The lowest BCUT2D eigenvalue weighted by Gasteiger charge is -2.19. The molecule has 2 amide bonds. The Morgan fingerprint density at radius 1 is 1.53 bits per heavy atom. The van der Waals surface area contributed by atoms with E-state index in [1.54, 1.807) is 11.3 Å². The molecule has 0 radical (unpaired) electrons. The van der Waals surface area contributed by atoms with Crippen molar-refractivity contribution in [2.45, 2.75) is 39.3 Å². The van der Waals surface area contributed by atoms with E-state index in [0.717, 1.165) is 21.7 Å². The minimum Gasteiger partial charge on any atom is -0.444 e. The van der Waals surface area contributed by atoms with Gasteiger partial charge in [-0.2, -0.15) is 0 Å². The van der Waals surface area contributed by atoms with E-state index < -0.39 is 11.7 Å². The summed E-state index contributed by atoms with van der Waals surface area (Å²) in [6.45, 7) is 6.54. The van der Waals surface area contributed by atoms with Gasteiger partial charge in [-0.25, -0.2) is 4.79 Å². The molecule has 6 heteroatoms. The monoisotopic (exact) mass is 282 g/mol. The van der Waals surface area contributed by atoms with Crippen molar-refractivity contribution in [1.82, 2.24) is 10.6 Å². The van der Waals surface area contributed by atoms with E-state index in [0.29, 0.717) is 13.1 Å². The molecule has 0 saturated heterocycles. The van der Waals surface area contributed by atoms with Gasteiger partial charge < -0.3 is 15.4 Å². The summed E-state index contributed by atoms with van der Waals surface area (Å²) in [5.41, 5.74) is 0.232. The first kappa shape index (κ1) is 13.9. The Morgan fingerprint density at radius 2 is 2.26 bits per heavy atom. The second kappa shape index (κ2) is 5.21. The molecule has 19 heavy (non-hydrogen) atoms. The fraction of sp³-hybridized carbons (Fsp3) is 0.538. The number of carbonyl (C=O) groups excluding carboxylic acids is 2. The van der Waals surface area contributed by atoms with Crippen molar-refractivity contribution in [3.8, 4) is 0 Å². The molecule has 2 N–H and O–H groups in total. The number of nitrogens with one attached hydrogen (secondary N) is 2. The smallest absolute Gasteiger partial charge is 0.407 e. The van der Waals surface area contributed by atoms with Crippen LogP contribution in [0.2, 0.25) is 0 Å². The van der Waals surface area contributed by atoms with Gasteiger partial charge in [0.15, 0.2) is 0 Å². The zero-order valence-corrected chi connectivity index (χ0v) is 12.1. The molecule has 5 nitrogen and oxygen atoms in total. The van der Waals surface area contributed by atoms with Crippen LogP contribution in [-0.2, 0) is 17.7 Å². The lowest BCUT2D eigenvalue weighted by atomic mass is 10.1. The molecular formula is C13H18N2O3S. The number of carbonyl (C=O) groups is 2. The Bertz CT molecular complexity index is 502. The number of ether oxygens (including phenoxy) is 1. The van der Waals surface area contributed by atoms with Crippen molar-refractivity contribution in [3.63, 3.8) is 0 Å². The van der Waals surface area contributed by atoms with Gasteiger partial charge in [-0.05, 0) is 33.3 Å². The molecule has 0 fully saturated rings. The highest BCUT2D eigenvalue weighted by atomic mass is 32.1. The van der Waals surface area contributed by atoms with Crippen LogP contribution in [0.1, 0.15) is 40.9 Å². The standard InChI is InChI=1S/C13H18N2O3S/c1-13(2,3)18-12(17)15-7-8-6-9-10(19-8)4-5-14-11(9)16/h6H,4-5,7H2,1-3H3,(H,14,16)(H,15,17). The third-order valence-corrected chi connectivity index (χ3v) is 3.74. The summed E-state index contributed by atoms with van der Waals surface area (Å²) < 4.78 is 5.16. The maximum atomic E-state index is 11.6. The number of hydrogen-bond donors (Lipinski definition) is 2. The summed E-state index contributed by atoms with van der Waals surface area (Å²) in [6, 6.07) is 1.84. The van der Waals surface area contributed by atoms with Gasteiger partial charge in [0, 0.05) is 16.3 Å². The topological polar surface area (TPSA) is 67.4 Å². The zero-order chi connectivity index (χ0) is 14.0. The van der Waals surface area contributed by atoms with Gasteiger partial charge in [-0.3, -0.25) is 4.79 Å². The van der Waals surface area contributed by atoms with E-state index in [1.807, 2.05) is 26.8 Å². The molecule has 0 atom stereocenters. The molecule has 1 aromatic rings. The Labute approximate surface area is 116 Å². The van der Waals surface area contributed by atoms with Crippen molar-refractivity contribution in [2.24, 2.45) is 0 Å². The van der Waals surface area contributed by atoms with Crippen LogP contribution in [0.4, 0.5) is 4.79 Å². The maximum Gasteiger partial charge on any atom is 0.407 e. The molecule has 2 rings (SSSR count). The lowest BCUT2D eigenvalue weighted by molar-refractivity contribution is 0.0524. The second-order valence-electron chi connectivity index (χ2n) is 5.41. The number of alkyl carbamates (subject to hydrolysis) is 1. The number of amides is 2. The van der Waals surface area contributed by atoms with Crippen LogP contribution in [0.3, 0.4) is 0 Å². The highest BCUT2D eigenvalue weighted by molar-refractivity contribution is 7.12. The van der Waals surface area contributed by atoms with Crippen LogP contribution in [0.15, 0.2) is 6.07 Å². The van der Waals surface area contributed by atoms with E-state index in [-0.39, 0.29) is 5.91 Å². The molecule has 0 spiro atoms. The molecule has 0 aliphatic carbocycles. The third-order valence-electron chi connectivity index (χ3n) is 2.55. The minimum atomic E-state index is -0.501. The van der Waals surface area contributed by atoms with Crippen LogP contribution in [0.5, 0.6) is 0 Å². The van der Waals surface area contributed by atoms with Crippen molar-refractivity contribution in [1.29, 1.82) is 0 Å². The molecular weight excluding hydrogens is 264 g/mol. The summed E-state index contributed by atoms with van der Waals surface area (Å²) in [5.74, 6) is -0.0268. The molecule has 2 heterocycles.